The Morgan fingerprint density at radius 2 is 1.88 bits per heavy atom. The van der Waals surface area contributed by atoms with Crippen molar-refractivity contribution in [1.29, 1.82) is 5.26 Å². The van der Waals surface area contributed by atoms with Gasteiger partial charge in [0, 0.05) is 19.5 Å². The molecular formula is C15H24N2. The molecular weight excluding hydrogens is 208 g/mol. The average Bonchev–Trinajstić information content (AvgIpc) is 3.09. The monoisotopic (exact) mass is 232 g/mol. The summed E-state index contributed by atoms with van der Waals surface area (Å²) in [5, 5.41) is 8.89. The minimum absolute atomic E-state index is 0.413. The Morgan fingerprint density at radius 1 is 1.12 bits per heavy atom. The van der Waals surface area contributed by atoms with Gasteiger partial charge in [-0.15, -0.1) is 0 Å². The molecule has 94 valence electrons. The van der Waals surface area contributed by atoms with E-state index in [1.54, 1.807) is 0 Å². The van der Waals surface area contributed by atoms with Crippen molar-refractivity contribution in [3.63, 3.8) is 0 Å². The highest BCUT2D eigenvalue weighted by Crippen LogP contribution is 2.50. The fraction of sp³-hybridized carbons (Fsp3) is 0.933. The third kappa shape index (κ3) is 2.50. The molecule has 0 aromatic heterocycles. The van der Waals surface area contributed by atoms with Gasteiger partial charge in [0.1, 0.15) is 0 Å². The first kappa shape index (κ1) is 11.5. The molecule has 2 nitrogen and oxygen atoms in total. The topological polar surface area (TPSA) is 27.0 Å². The minimum atomic E-state index is 0.413. The van der Waals surface area contributed by atoms with E-state index in [4.69, 9.17) is 5.26 Å². The van der Waals surface area contributed by atoms with Gasteiger partial charge in [-0.1, -0.05) is 19.3 Å². The zero-order valence-electron chi connectivity index (χ0n) is 10.8. The van der Waals surface area contributed by atoms with Crippen LogP contribution < -0.4 is 0 Å². The number of fused-ring (bicyclic) bond motifs is 1. The fourth-order valence-electron chi connectivity index (χ4n) is 4.03. The summed E-state index contributed by atoms with van der Waals surface area (Å²) in [5.41, 5.74) is 0.413. The van der Waals surface area contributed by atoms with Crippen molar-refractivity contribution >= 4 is 0 Å². The van der Waals surface area contributed by atoms with Crippen molar-refractivity contribution < 1.29 is 0 Å². The lowest BCUT2D eigenvalue weighted by molar-refractivity contribution is 0.0726. The Bertz CT molecular complexity index is 313. The van der Waals surface area contributed by atoms with Gasteiger partial charge in [-0.3, -0.25) is 0 Å². The number of nitrogens with zero attached hydrogens (tertiary/aromatic N) is 2. The standard InChI is InChI=1S/C15H24N2/c16-9-8-15(6-7-15)12-17-10-5-13-3-1-2-4-14(13)11-17/h13-14H,1-8,10-12H2. The molecule has 2 saturated carbocycles. The summed E-state index contributed by atoms with van der Waals surface area (Å²) in [7, 11) is 0. The second-order valence-electron chi connectivity index (χ2n) is 6.66. The van der Waals surface area contributed by atoms with E-state index in [0.717, 1.165) is 18.3 Å². The van der Waals surface area contributed by atoms with Gasteiger partial charge in [-0.2, -0.15) is 5.26 Å². The van der Waals surface area contributed by atoms with E-state index in [2.05, 4.69) is 11.0 Å². The minimum Gasteiger partial charge on any atom is -0.302 e. The zero-order chi connectivity index (χ0) is 11.7. The second kappa shape index (κ2) is 4.61. The molecule has 0 radical (unpaired) electrons. The summed E-state index contributed by atoms with van der Waals surface area (Å²) in [5.74, 6) is 2.02. The third-order valence-corrected chi connectivity index (χ3v) is 5.35. The van der Waals surface area contributed by atoms with Crippen LogP contribution in [0.4, 0.5) is 0 Å². The van der Waals surface area contributed by atoms with E-state index in [9.17, 15) is 0 Å². The Kier molecular flexibility index (Phi) is 3.13. The van der Waals surface area contributed by atoms with Crippen LogP contribution in [0.25, 0.3) is 0 Å². The first-order valence-electron chi connectivity index (χ1n) is 7.41. The van der Waals surface area contributed by atoms with Crippen molar-refractivity contribution in [1.82, 2.24) is 4.90 Å². The molecule has 2 atom stereocenters. The highest BCUT2D eigenvalue weighted by atomic mass is 15.1. The molecule has 0 amide bonds. The first-order valence-corrected chi connectivity index (χ1v) is 7.41. The Morgan fingerprint density at radius 3 is 2.59 bits per heavy atom. The van der Waals surface area contributed by atoms with Crippen LogP contribution in [0.2, 0.25) is 0 Å². The predicted octanol–water partition coefficient (Wildman–Crippen LogP) is 3.19. The molecule has 2 aliphatic carbocycles. The van der Waals surface area contributed by atoms with Crippen LogP contribution in [-0.2, 0) is 0 Å². The summed E-state index contributed by atoms with van der Waals surface area (Å²) in [6.07, 6.45) is 10.7. The summed E-state index contributed by atoms with van der Waals surface area (Å²) in [6, 6.07) is 2.39. The van der Waals surface area contributed by atoms with Gasteiger partial charge in [-0.05, 0) is 49.5 Å². The summed E-state index contributed by atoms with van der Waals surface area (Å²) in [4.78, 5) is 2.68. The van der Waals surface area contributed by atoms with Crippen molar-refractivity contribution in [2.45, 2.75) is 51.4 Å². The second-order valence-corrected chi connectivity index (χ2v) is 6.66. The highest BCUT2D eigenvalue weighted by molar-refractivity contribution is 5.02. The Hall–Kier alpha value is -0.550. The average molecular weight is 232 g/mol. The molecule has 0 N–H and O–H groups in total. The van der Waals surface area contributed by atoms with Crippen LogP contribution >= 0.6 is 0 Å². The number of piperidine rings is 1. The van der Waals surface area contributed by atoms with Crippen LogP contribution in [0.5, 0.6) is 0 Å². The number of likely N-dealkylation sites (tertiary alicyclic amines) is 1. The van der Waals surface area contributed by atoms with Crippen LogP contribution in [-0.4, -0.2) is 24.5 Å². The van der Waals surface area contributed by atoms with Crippen molar-refractivity contribution in [3.05, 3.63) is 0 Å². The molecule has 17 heavy (non-hydrogen) atoms. The van der Waals surface area contributed by atoms with E-state index >= 15 is 0 Å². The van der Waals surface area contributed by atoms with Crippen molar-refractivity contribution in [2.24, 2.45) is 17.3 Å². The molecule has 3 rings (SSSR count). The summed E-state index contributed by atoms with van der Waals surface area (Å²) < 4.78 is 0. The maximum absolute atomic E-state index is 8.89. The van der Waals surface area contributed by atoms with Gasteiger partial charge in [0.15, 0.2) is 0 Å². The lowest BCUT2D eigenvalue weighted by atomic mass is 9.75. The predicted molar refractivity (Wildman–Crippen MR) is 68.4 cm³/mol. The number of nitriles is 1. The quantitative estimate of drug-likeness (QED) is 0.747. The summed E-state index contributed by atoms with van der Waals surface area (Å²) in [6.45, 7) is 3.84. The van der Waals surface area contributed by atoms with E-state index < -0.39 is 0 Å². The fourth-order valence-corrected chi connectivity index (χ4v) is 4.03. The largest absolute Gasteiger partial charge is 0.302 e. The SMILES string of the molecule is N#CCC1(CN2CCC3CCCCC3C2)CC1. The normalized spacial score (nSPS) is 35.9. The van der Waals surface area contributed by atoms with Gasteiger partial charge < -0.3 is 4.90 Å². The smallest absolute Gasteiger partial charge is 0.0628 e. The molecule has 2 heteroatoms. The van der Waals surface area contributed by atoms with E-state index in [1.165, 1.54) is 64.6 Å². The van der Waals surface area contributed by atoms with Crippen molar-refractivity contribution in [2.75, 3.05) is 19.6 Å². The third-order valence-electron chi connectivity index (χ3n) is 5.35. The van der Waals surface area contributed by atoms with Gasteiger partial charge in [0.05, 0.1) is 6.07 Å². The van der Waals surface area contributed by atoms with E-state index in [1.807, 2.05) is 0 Å². The van der Waals surface area contributed by atoms with Crippen LogP contribution in [0, 0.1) is 28.6 Å². The van der Waals surface area contributed by atoms with E-state index in [0.29, 0.717) is 5.41 Å². The molecule has 0 spiro atoms. The van der Waals surface area contributed by atoms with Crippen molar-refractivity contribution in [3.8, 4) is 6.07 Å². The molecule has 3 fully saturated rings. The maximum Gasteiger partial charge on any atom is 0.0628 e. The van der Waals surface area contributed by atoms with Crippen LogP contribution in [0.1, 0.15) is 51.4 Å². The molecule has 1 aliphatic heterocycles. The van der Waals surface area contributed by atoms with Crippen LogP contribution in [0.15, 0.2) is 0 Å². The molecule has 3 aliphatic rings. The Balaban J connectivity index is 1.54. The molecule has 0 aromatic carbocycles. The first-order chi connectivity index (χ1) is 8.31. The maximum atomic E-state index is 8.89. The lowest BCUT2D eigenvalue weighted by Crippen LogP contribution is -2.44. The molecule has 0 bridgehead atoms. The van der Waals surface area contributed by atoms with Gasteiger partial charge >= 0.3 is 0 Å². The van der Waals surface area contributed by atoms with Crippen LogP contribution in [0.3, 0.4) is 0 Å². The lowest BCUT2D eigenvalue weighted by Gasteiger charge is -2.42. The van der Waals surface area contributed by atoms with Gasteiger partial charge in [0.25, 0.3) is 0 Å². The molecule has 1 heterocycles. The highest BCUT2D eigenvalue weighted by Gasteiger charge is 2.44. The molecule has 0 aromatic rings. The van der Waals surface area contributed by atoms with Gasteiger partial charge in [-0.25, -0.2) is 0 Å². The molecule has 1 saturated heterocycles. The van der Waals surface area contributed by atoms with E-state index in [-0.39, 0.29) is 0 Å². The van der Waals surface area contributed by atoms with Gasteiger partial charge in [0.2, 0.25) is 0 Å². The Labute approximate surface area is 105 Å². The number of hydrogen-bond donors (Lipinski definition) is 0. The summed E-state index contributed by atoms with van der Waals surface area (Å²) >= 11 is 0. The number of hydrogen-bond acceptors (Lipinski definition) is 2. The zero-order valence-corrected chi connectivity index (χ0v) is 10.8. The number of rotatable bonds is 3. The molecule has 2 unspecified atom stereocenters.